The summed E-state index contributed by atoms with van der Waals surface area (Å²) >= 11 is 1.93. The van der Waals surface area contributed by atoms with Crippen LogP contribution in [0.1, 0.15) is 22.3 Å². The van der Waals surface area contributed by atoms with E-state index in [0.717, 1.165) is 17.1 Å². The van der Waals surface area contributed by atoms with E-state index < -0.39 is 5.41 Å². The van der Waals surface area contributed by atoms with Gasteiger partial charge < -0.3 is 4.90 Å². The quantitative estimate of drug-likeness (QED) is 0.162. The van der Waals surface area contributed by atoms with Crippen LogP contribution in [0, 0.1) is 0 Å². The Kier molecular flexibility index (Phi) is 8.06. The van der Waals surface area contributed by atoms with Crippen molar-refractivity contribution in [3.05, 3.63) is 259 Å². The molecule has 0 N–H and O–H groups in total. The van der Waals surface area contributed by atoms with Crippen LogP contribution >= 0.6 is 11.3 Å². The minimum absolute atomic E-state index is 0.522. The highest BCUT2D eigenvalue weighted by Gasteiger charge is 2.53. The molecule has 0 amide bonds. The summed E-state index contributed by atoms with van der Waals surface area (Å²) in [5.41, 5.74) is 20.7. The summed E-state index contributed by atoms with van der Waals surface area (Å²) in [5.74, 6) is 0. The lowest BCUT2D eigenvalue weighted by atomic mass is 9.68. The lowest BCUT2D eigenvalue weighted by Crippen LogP contribution is -2.26. The fourth-order valence-electron chi connectivity index (χ4n) is 10.9. The molecule has 2 aliphatic carbocycles. The highest BCUT2D eigenvalue weighted by Crippen LogP contribution is 2.66. The van der Waals surface area contributed by atoms with Crippen LogP contribution < -0.4 is 4.90 Å². The van der Waals surface area contributed by atoms with E-state index in [-0.39, 0.29) is 0 Å². The summed E-state index contributed by atoms with van der Waals surface area (Å²) in [6.45, 7) is 0. The van der Waals surface area contributed by atoms with Gasteiger partial charge in [0, 0.05) is 42.7 Å². The van der Waals surface area contributed by atoms with Crippen molar-refractivity contribution in [3.8, 4) is 55.6 Å². The van der Waals surface area contributed by atoms with Crippen LogP contribution in [0.5, 0.6) is 0 Å². The van der Waals surface area contributed by atoms with Gasteiger partial charge in [0.05, 0.1) is 11.1 Å². The molecule has 2 heteroatoms. The number of nitrogens with zero attached hydrogens (tertiary/aromatic N) is 1. The summed E-state index contributed by atoms with van der Waals surface area (Å²) in [7, 11) is 0. The summed E-state index contributed by atoms with van der Waals surface area (Å²) < 4.78 is 2.70. The van der Waals surface area contributed by atoms with E-state index in [2.05, 4.69) is 241 Å². The largest absolute Gasteiger partial charge is 0.310 e. The Morgan fingerprint density at radius 1 is 0.317 bits per heavy atom. The van der Waals surface area contributed by atoms with Gasteiger partial charge in [0.15, 0.2) is 0 Å². The smallest absolute Gasteiger partial charge is 0.0732 e. The van der Waals surface area contributed by atoms with Crippen molar-refractivity contribution >= 4 is 48.6 Å². The molecule has 0 fully saturated rings. The normalized spacial score (nSPS) is 14.4. The monoisotopic (exact) mass is 817 g/mol. The van der Waals surface area contributed by atoms with E-state index in [0.29, 0.717) is 0 Å². The first-order chi connectivity index (χ1) is 31.3. The van der Waals surface area contributed by atoms with Gasteiger partial charge in [-0.05, 0) is 103 Å². The highest BCUT2D eigenvalue weighted by molar-refractivity contribution is 7.26. The molecule has 2 aliphatic rings. The molecule has 1 atom stereocenters. The first-order valence-corrected chi connectivity index (χ1v) is 22.6. The third-order valence-electron chi connectivity index (χ3n) is 13.5. The molecule has 1 heterocycles. The maximum absolute atomic E-state index is 2.46. The summed E-state index contributed by atoms with van der Waals surface area (Å²) in [6, 6.07) is 87.6. The maximum atomic E-state index is 2.46. The third-order valence-corrected chi connectivity index (χ3v) is 14.7. The van der Waals surface area contributed by atoms with Gasteiger partial charge >= 0.3 is 0 Å². The third kappa shape index (κ3) is 5.29. The van der Waals surface area contributed by atoms with Crippen LogP contribution in [0.25, 0.3) is 75.8 Å². The summed E-state index contributed by atoms with van der Waals surface area (Å²) in [4.78, 5) is 2.45. The molecular formula is C61H39NS. The van der Waals surface area contributed by atoms with Crippen LogP contribution in [0.15, 0.2) is 237 Å². The second-order valence-corrected chi connectivity index (χ2v) is 17.8. The molecule has 11 aromatic rings. The minimum atomic E-state index is -0.522. The SMILES string of the molecule is c1ccc(-c2ccc(N(c3ccc(-c4ccccc4)cc3)c3ccccc3-c3cccc4c3C3(c5ccccc5-4)c4ccccc4-c4c3ccc3c4sc4ccccc43)cc2)cc1. The second kappa shape index (κ2) is 14.1. The Bertz CT molecular complexity index is 3470. The molecule has 0 radical (unpaired) electrons. The van der Waals surface area contributed by atoms with Crippen molar-refractivity contribution in [1.82, 2.24) is 0 Å². The number of rotatable bonds is 6. The number of para-hydroxylation sites is 1. The van der Waals surface area contributed by atoms with Crippen molar-refractivity contribution in [1.29, 1.82) is 0 Å². The van der Waals surface area contributed by atoms with Crippen LogP contribution in [0.2, 0.25) is 0 Å². The van der Waals surface area contributed by atoms with Crippen LogP contribution in [-0.4, -0.2) is 0 Å². The molecule has 0 bridgehead atoms. The Morgan fingerprint density at radius 3 is 1.48 bits per heavy atom. The zero-order chi connectivity index (χ0) is 41.5. The topological polar surface area (TPSA) is 3.24 Å². The standard InChI is InChI=1S/C61H39NS/c1-3-16-40(17-4-1)42-30-34-44(35-31-42)62(45-36-32-43(33-37-45)41-18-5-2-6-19-41)56-28-13-9-21-47(56)50-25-15-24-49-46-20-7-11-26-53(46)61(59(49)50)54-27-12-8-23-52(54)58-55(61)39-38-51-48-22-10-14-29-57(48)63-60(51)58/h1-39H. The van der Waals surface area contributed by atoms with E-state index in [9.17, 15) is 0 Å². The molecular weight excluding hydrogens is 779 g/mol. The van der Waals surface area contributed by atoms with E-state index in [1.807, 2.05) is 11.3 Å². The first kappa shape index (κ1) is 35.9. The summed E-state index contributed by atoms with van der Waals surface area (Å²) in [6.07, 6.45) is 0. The van der Waals surface area contributed by atoms with Crippen LogP contribution in [0.3, 0.4) is 0 Å². The van der Waals surface area contributed by atoms with Gasteiger partial charge in [0.25, 0.3) is 0 Å². The molecule has 10 aromatic carbocycles. The van der Waals surface area contributed by atoms with Crippen molar-refractivity contribution in [2.24, 2.45) is 0 Å². The van der Waals surface area contributed by atoms with Crippen LogP contribution in [-0.2, 0) is 5.41 Å². The number of hydrogen-bond donors (Lipinski definition) is 0. The Hall–Kier alpha value is -7.78. The molecule has 1 unspecified atom stereocenters. The fourth-order valence-corrected chi connectivity index (χ4v) is 12.1. The van der Waals surface area contributed by atoms with Gasteiger partial charge in [-0.1, -0.05) is 200 Å². The minimum Gasteiger partial charge on any atom is -0.310 e. The molecule has 294 valence electrons. The first-order valence-electron chi connectivity index (χ1n) is 21.8. The fraction of sp³-hybridized carbons (Fsp3) is 0.0164. The molecule has 1 nitrogen and oxygen atoms in total. The Labute approximate surface area is 371 Å². The number of thiophene rings is 1. The number of benzene rings is 10. The van der Waals surface area contributed by atoms with E-state index >= 15 is 0 Å². The van der Waals surface area contributed by atoms with E-state index in [1.165, 1.54) is 98.1 Å². The Morgan fingerprint density at radius 2 is 0.810 bits per heavy atom. The Balaban J connectivity index is 1.06. The molecule has 0 aliphatic heterocycles. The van der Waals surface area contributed by atoms with Crippen molar-refractivity contribution in [2.45, 2.75) is 5.41 Å². The predicted molar refractivity (Wildman–Crippen MR) is 267 cm³/mol. The molecule has 13 rings (SSSR count). The lowest BCUT2D eigenvalue weighted by Gasteiger charge is -2.33. The predicted octanol–water partition coefficient (Wildman–Crippen LogP) is 16.9. The van der Waals surface area contributed by atoms with Gasteiger partial charge in [-0.25, -0.2) is 0 Å². The molecule has 0 saturated carbocycles. The lowest BCUT2D eigenvalue weighted by molar-refractivity contribution is 0.796. The zero-order valence-electron chi connectivity index (χ0n) is 34.4. The molecule has 1 aromatic heterocycles. The van der Waals surface area contributed by atoms with Crippen molar-refractivity contribution in [2.75, 3.05) is 4.90 Å². The van der Waals surface area contributed by atoms with Crippen LogP contribution in [0.4, 0.5) is 17.1 Å². The number of anilines is 3. The zero-order valence-corrected chi connectivity index (χ0v) is 35.2. The average molecular weight is 818 g/mol. The number of hydrogen-bond acceptors (Lipinski definition) is 2. The second-order valence-electron chi connectivity index (χ2n) is 16.7. The summed E-state index contributed by atoms with van der Waals surface area (Å²) in [5, 5.41) is 2.66. The van der Waals surface area contributed by atoms with Gasteiger partial charge in [-0.2, -0.15) is 0 Å². The van der Waals surface area contributed by atoms with Gasteiger partial charge in [0.2, 0.25) is 0 Å². The van der Waals surface area contributed by atoms with Gasteiger partial charge in [-0.15, -0.1) is 11.3 Å². The highest BCUT2D eigenvalue weighted by atomic mass is 32.1. The maximum Gasteiger partial charge on any atom is 0.0732 e. The van der Waals surface area contributed by atoms with E-state index in [1.54, 1.807) is 0 Å². The van der Waals surface area contributed by atoms with Gasteiger partial charge in [-0.3, -0.25) is 0 Å². The molecule has 0 saturated heterocycles. The average Bonchev–Trinajstić information content (AvgIpc) is 3.99. The molecule has 63 heavy (non-hydrogen) atoms. The molecule has 1 spiro atoms. The van der Waals surface area contributed by atoms with Crippen molar-refractivity contribution in [3.63, 3.8) is 0 Å². The van der Waals surface area contributed by atoms with Crippen molar-refractivity contribution < 1.29 is 0 Å². The van der Waals surface area contributed by atoms with Gasteiger partial charge in [0.1, 0.15) is 0 Å². The number of fused-ring (bicyclic) bond motifs is 14. The van der Waals surface area contributed by atoms with E-state index in [4.69, 9.17) is 0 Å².